The van der Waals surface area contributed by atoms with Gasteiger partial charge in [0.2, 0.25) is 0 Å². The summed E-state index contributed by atoms with van der Waals surface area (Å²) in [5, 5.41) is 6.56. The Morgan fingerprint density at radius 1 is 1.00 bits per heavy atom. The molecule has 0 spiro atoms. The van der Waals surface area contributed by atoms with Crippen LogP contribution in [0.15, 0.2) is 42.5 Å². The van der Waals surface area contributed by atoms with Crippen LogP contribution in [0.3, 0.4) is 0 Å². The van der Waals surface area contributed by atoms with E-state index in [1.165, 1.54) is 48.7 Å². The zero-order chi connectivity index (χ0) is 13.4. The highest BCUT2D eigenvalue weighted by atomic mass is 15.2. The molecule has 2 fully saturated rings. The summed E-state index contributed by atoms with van der Waals surface area (Å²) >= 11 is 0. The molecule has 2 nitrogen and oxygen atoms in total. The van der Waals surface area contributed by atoms with Crippen molar-refractivity contribution < 1.29 is 0 Å². The van der Waals surface area contributed by atoms with E-state index in [4.69, 9.17) is 0 Å². The van der Waals surface area contributed by atoms with Crippen LogP contribution in [0, 0.1) is 0 Å². The van der Waals surface area contributed by atoms with Crippen molar-refractivity contribution in [3.63, 3.8) is 0 Å². The summed E-state index contributed by atoms with van der Waals surface area (Å²) in [6.07, 6.45) is 4.08. The van der Waals surface area contributed by atoms with E-state index in [1.807, 2.05) is 0 Å². The average molecular weight is 266 g/mol. The Morgan fingerprint density at radius 2 is 1.90 bits per heavy atom. The van der Waals surface area contributed by atoms with Crippen molar-refractivity contribution >= 4 is 10.8 Å². The Labute approximate surface area is 120 Å². The van der Waals surface area contributed by atoms with Gasteiger partial charge < -0.3 is 5.32 Å². The molecular formula is C18H22N2. The van der Waals surface area contributed by atoms with Crippen molar-refractivity contribution in [2.45, 2.75) is 37.9 Å². The largest absolute Gasteiger partial charge is 0.308 e. The van der Waals surface area contributed by atoms with Crippen LogP contribution in [0.1, 0.15) is 24.8 Å². The Morgan fingerprint density at radius 3 is 2.90 bits per heavy atom. The molecular weight excluding hydrogens is 244 g/mol. The predicted octanol–water partition coefficient (Wildman–Crippen LogP) is 3.17. The molecule has 2 aromatic carbocycles. The maximum absolute atomic E-state index is 3.82. The summed E-state index contributed by atoms with van der Waals surface area (Å²) in [6, 6.07) is 16.8. The molecule has 2 unspecified atom stereocenters. The number of nitrogens with one attached hydrogen (secondary N) is 1. The van der Waals surface area contributed by atoms with Crippen molar-refractivity contribution in [1.29, 1.82) is 0 Å². The first-order chi connectivity index (χ1) is 9.92. The van der Waals surface area contributed by atoms with Gasteiger partial charge in [-0.1, -0.05) is 42.5 Å². The van der Waals surface area contributed by atoms with E-state index in [0.29, 0.717) is 6.04 Å². The first-order valence-corrected chi connectivity index (χ1v) is 7.86. The molecule has 2 aromatic rings. The van der Waals surface area contributed by atoms with E-state index in [1.54, 1.807) is 0 Å². The van der Waals surface area contributed by atoms with Crippen LogP contribution in [-0.2, 0) is 6.54 Å². The highest BCUT2D eigenvalue weighted by Gasteiger charge is 2.36. The Hall–Kier alpha value is -1.38. The SMILES string of the molecule is c1ccc2c(CNC3CCN4CCCC34)cccc2c1. The molecule has 2 aliphatic heterocycles. The average Bonchev–Trinajstić information content (AvgIpc) is 3.09. The maximum atomic E-state index is 3.82. The summed E-state index contributed by atoms with van der Waals surface area (Å²) in [5.74, 6) is 0. The molecule has 0 radical (unpaired) electrons. The van der Waals surface area contributed by atoms with Gasteiger partial charge in [-0.2, -0.15) is 0 Å². The molecule has 2 atom stereocenters. The van der Waals surface area contributed by atoms with Gasteiger partial charge in [-0.25, -0.2) is 0 Å². The fourth-order valence-electron chi connectivity index (χ4n) is 4.01. The third kappa shape index (κ3) is 2.13. The van der Waals surface area contributed by atoms with Crippen molar-refractivity contribution in [3.05, 3.63) is 48.0 Å². The quantitative estimate of drug-likeness (QED) is 0.918. The van der Waals surface area contributed by atoms with Crippen LogP contribution in [0.2, 0.25) is 0 Å². The highest BCUT2D eigenvalue weighted by Crippen LogP contribution is 2.28. The number of benzene rings is 2. The lowest BCUT2D eigenvalue weighted by atomic mass is 10.0. The van der Waals surface area contributed by atoms with E-state index in [0.717, 1.165) is 12.6 Å². The minimum absolute atomic E-state index is 0.691. The lowest BCUT2D eigenvalue weighted by Crippen LogP contribution is -2.38. The van der Waals surface area contributed by atoms with Gasteiger partial charge >= 0.3 is 0 Å². The van der Waals surface area contributed by atoms with Gasteiger partial charge in [-0.15, -0.1) is 0 Å². The molecule has 0 saturated carbocycles. The highest BCUT2D eigenvalue weighted by molar-refractivity contribution is 5.85. The third-order valence-corrected chi connectivity index (χ3v) is 5.04. The molecule has 1 N–H and O–H groups in total. The van der Waals surface area contributed by atoms with Gasteiger partial charge in [0.15, 0.2) is 0 Å². The molecule has 0 aliphatic carbocycles. The van der Waals surface area contributed by atoms with Crippen molar-refractivity contribution in [3.8, 4) is 0 Å². The van der Waals surface area contributed by atoms with Crippen molar-refractivity contribution in [2.24, 2.45) is 0 Å². The minimum atomic E-state index is 0.691. The monoisotopic (exact) mass is 266 g/mol. The molecule has 20 heavy (non-hydrogen) atoms. The van der Waals surface area contributed by atoms with Gasteiger partial charge in [-0.3, -0.25) is 4.90 Å². The van der Waals surface area contributed by atoms with Crippen molar-refractivity contribution in [1.82, 2.24) is 10.2 Å². The summed E-state index contributed by atoms with van der Waals surface area (Å²) in [6.45, 7) is 3.60. The van der Waals surface area contributed by atoms with E-state index in [-0.39, 0.29) is 0 Å². The van der Waals surface area contributed by atoms with E-state index in [9.17, 15) is 0 Å². The molecule has 2 heterocycles. The van der Waals surface area contributed by atoms with Gasteiger partial charge in [0.05, 0.1) is 0 Å². The fraction of sp³-hybridized carbons (Fsp3) is 0.444. The lowest BCUT2D eigenvalue weighted by Gasteiger charge is -2.21. The first-order valence-electron chi connectivity index (χ1n) is 7.86. The molecule has 0 amide bonds. The normalized spacial score (nSPS) is 26.2. The minimum Gasteiger partial charge on any atom is -0.308 e. The van der Waals surface area contributed by atoms with E-state index >= 15 is 0 Å². The summed E-state index contributed by atoms with van der Waals surface area (Å²) in [7, 11) is 0. The fourth-order valence-corrected chi connectivity index (χ4v) is 4.01. The topological polar surface area (TPSA) is 15.3 Å². The smallest absolute Gasteiger partial charge is 0.0250 e. The summed E-state index contributed by atoms with van der Waals surface area (Å²) in [4.78, 5) is 2.67. The van der Waals surface area contributed by atoms with Gasteiger partial charge in [0, 0.05) is 25.2 Å². The third-order valence-electron chi connectivity index (χ3n) is 5.04. The molecule has 2 saturated heterocycles. The van der Waals surface area contributed by atoms with Crippen LogP contribution in [0.4, 0.5) is 0 Å². The molecule has 2 heteroatoms. The lowest BCUT2D eigenvalue weighted by molar-refractivity contribution is 0.298. The zero-order valence-electron chi connectivity index (χ0n) is 11.9. The van der Waals surface area contributed by atoms with Crippen LogP contribution >= 0.6 is 0 Å². The predicted molar refractivity (Wildman–Crippen MR) is 83.8 cm³/mol. The van der Waals surface area contributed by atoms with E-state index in [2.05, 4.69) is 52.7 Å². The second-order valence-electron chi connectivity index (χ2n) is 6.16. The van der Waals surface area contributed by atoms with Crippen LogP contribution in [-0.4, -0.2) is 30.1 Å². The second-order valence-corrected chi connectivity index (χ2v) is 6.16. The Kier molecular flexibility index (Phi) is 3.21. The van der Waals surface area contributed by atoms with Gasteiger partial charge in [-0.05, 0) is 42.1 Å². The standard InChI is InChI=1S/C18H22N2/c1-2-8-16-14(5-1)6-3-7-15(16)13-19-17-10-12-20-11-4-9-18(17)20/h1-3,5-8,17-19H,4,9-13H2. The van der Waals surface area contributed by atoms with Crippen LogP contribution in [0.25, 0.3) is 10.8 Å². The summed E-state index contributed by atoms with van der Waals surface area (Å²) in [5.41, 5.74) is 1.43. The molecule has 2 aliphatic rings. The summed E-state index contributed by atoms with van der Waals surface area (Å²) < 4.78 is 0. The first kappa shape index (κ1) is 12.4. The van der Waals surface area contributed by atoms with Crippen LogP contribution < -0.4 is 5.32 Å². The second kappa shape index (κ2) is 5.19. The number of hydrogen-bond acceptors (Lipinski definition) is 2. The molecule has 4 rings (SSSR count). The van der Waals surface area contributed by atoms with Crippen LogP contribution in [0.5, 0.6) is 0 Å². The maximum Gasteiger partial charge on any atom is 0.0250 e. The number of nitrogens with zero attached hydrogens (tertiary/aromatic N) is 1. The number of hydrogen-bond donors (Lipinski definition) is 1. The molecule has 0 aromatic heterocycles. The molecule has 104 valence electrons. The van der Waals surface area contributed by atoms with Gasteiger partial charge in [0.1, 0.15) is 0 Å². The Balaban J connectivity index is 1.51. The van der Waals surface area contributed by atoms with Gasteiger partial charge in [0.25, 0.3) is 0 Å². The van der Waals surface area contributed by atoms with Crippen molar-refractivity contribution in [2.75, 3.05) is 13.1 Å². The van der Waals surface area contributed by atoms with E-state index < -0.39 is 0 Å². The Bertz CT molecular complexity index is 602. The zero-order valence-corrected chi connectivity index (χ0v) is 11.9. The number of rotatable bonds is 3. The number of fused-ring (bicyclic) bond motifs is 2. The molecule has 0 bridgehead atoms.